The van der Waals surface area contributed by atoms with Crippen LogP contribution in [0.3, 0.4) is 0 Å². The third kappa shape index (κ3) is 4.89. The molecule has 0 radical (unpaired) electrons. The molecule has 3 aromatic carbocycles. The van der Waals surface area contributed by atoms with Gasteiger partial charge in [0.1, 0.15) is 5.75 Å². The number of nitrogens with one attached hydrogen (secondary N) is 1. The Morgan fingerprint density at radius 2 is 1.59 bits per heavy atom. The van der Waals surface area contributed by atoms with E-state index in [-0.39, 0.29) is 5.91 Å². The van der Waals surface area contributed by atoms with Crippen molar-refractivity contribution in [1.82, 2.24) is 9.78 Å². The molecule has 5 nitrogen and oxygen atoms in total. The second kappa shape index (κ2) is 9.96. The molecule has 5 heteroatoms. The average molecular weight is 426 g/mol. The van der Waals surface area contributed by atoms with Crippen molar-refractivity contribution in [3.63, 3.8) is 0 Å². The lowest BCUT2D eigenvalue weighted by Gasteiger charge is -2.13. The zero-order valence-electron chi connectivity index (χ0n) is 18.4. The van der Waals surface area contributed by atoms with E-state index in [1.165, 1.54) is 0 Å². The summed E-state index contributed by atoms with van der Waals surface area (Å²) in [6, 6.07) is 27.4. The number of hydrogen-bond donors (Lipinski definition) is 1. The van der Waals surface area contributed by atoms with Crippen LogP contribution in [0.4, 0.5) is 5.69 Å². The van der Waals surface area contributed by atoms with Gasteiger partial charge in [0.15, 0.2) is 0 Å². The van der Waals surface area contributed by atoms with Crippen LogP contribution >= 0.6 is 0 Å². The number of aromatic nitrogens is 2. The molecule has 0 saturated carbocycles. The van der Waals surface area contributed by atoms with E-state index in [9.17, 15) is 4.79 Å². The molecule has 0 spiro atoms. The molecule has 1 heterocycles. The van der Waals surface area contributed by atoms with E-state index in [1.807, 2.05) is 96.5 Å². The summed E-state index contributed by atoms with van der Waals surface area (Å²) >= 11 is 0. The normalized spacial score (nSPS) is 10.7. The fourth-order valence-corrected chi connectivity index (χ4v) is 3.62. The molecule has 1 N–H and O–H groups in total. The Bertz CT molecular complexity index is 1180. The van der Waals surface area contributed by atoms with Gasteiger partial charge in [0.2, 0.25) is 11.8 Å². The molecule has 1 aromatic heterocycles. The number of benzene rings is 3. The lowest BCUT2D eigenvalue weighted by Crippen LogP contribution is -2.12. The topological polar surface area (TPSA) is 56.2 Å². The molecule has 0 aliphatic rings. The number of nitrogens with zero attached hydrogens (tertiary/aromatic N) is 2. The van der Waals surface area contributed by atoms with E-state index in [0.717, 1.165) is 40.4 Å². The molecule has 0 atom stereocenters. The lowest BCUT2D eigenvalue weighted by atomic mass is 10.1. The maximum absolute atomic E-state index is 12.6. The van der Waals surface area contributed by atoms with E-state index in [0.29, 0.717) is 18.7 Å². The Balaban J connectivity index is 1.66. The molecule has 0 bridgehead atoms. The molecule has 0 aliphatic carbocycles. The molecule has 4 aromatic rings. The van der Waals surface area contributed by atoms with Crippen LogP contribution < -0.4 is 10.1 Å². The van der Waals surface area contributed by atoms with Crippen LogP contribution in [0.1, 0.15) is 30.2 Å². The Morgan fingerprint density at radius 1 is 0.938 bits per heavy atom. The SMILES string of the molecule is CCc1nn(-c2ccccc2)c(Oc2ccccc2C)c1CCC(=O)Nc1ccccc1. The van der Waals surface area contributed by atoms with Crippen LogP contribution in [0, 0.1) is 6.92 Å². The number of carbonyl (C=O) groups excluding carboxylic acids is 1. The Labute approximate surface area is 188 Å². The maximum atomic E-state index is 12.6. The first kappa shape index (κ1) is 21.4. The van der Waals surface area contributed by atoms with Crippen molar-refractivity contribution in [2.75, 3.05) is 5.32 Å². The van der Waals surface area contributed by atoms with Crippen molar-refractivity contribution in [3.8, 4) is 17.3 Å². The summed E-state index contributed by atoms with van der Waals surface area (Å²) in [6.45, 7) is 4.09. The fraction of sp³-hybridized carbons (Fsp3) is 0.185. The molecular weight excluding hydrogens is 398 g/mol. The minimum atomic E-state index is -0.0347. The van der Waals surface area contributed by atoms with Crippen LogP contribution in [0.15, 0.2) is 84.9 Å². The summed E-state index contributed by atoms with van der Waals surface area (Å²) in [4.78, 5) is 12.6. The van der Waals surface area contributed by atoms with Gasteiger partial charge in [0.05, 0.1) is 11.4 Å². The number of amides is 1. The summed E-state index contributed by atoms with van der Waals surface area (Å²) in [7, 11) is 0. The van der Waals surface area contributed by atoms with E-state index in [4.69, 9.17) is 9.84 Å². The van der Waals surface area contributed by atoms with Crippen LogP contribution in [-0.2, 0) is 17.6 Å². The van der Waals surface area contributed by atoms with Gasteiger partial charge in [-0.05, 0) is 55.7 Å². The summed E-state index contributed by atoms with van der Waals surface area (Å²) in [5.74, 6) is 1.41. The molecule has 162 valence electrons. The number of carbonyl (C=O) groups is 1. The van der Waals surface area contributed by atoms with Gasteiger partial charge in [0.25, 0.3) is 0 Å². The third-order valence-electron chi connectivity index (χ3n) is 5.32. The van der Waals surface area contributed by atoms with Crippen LogP contribution in [0.5, 0.6) is 11.6 Å². The van der Waals surface area contributed by atoms with E-state index in [2.05, 4.69) is 12.2 Å². The van der Waals surface area contributed by atoms with Gasteiger partial charge in [-0.2, -0.15) is 5.10 Å². The number of anilines is 1. The van der Waals surface area contributed by atoms with Crippen molar-refractivity contribution in [2.45, 2.75) is 33.1 Å². The molecule has 0 saturated heterocycles. The summed E-state index contributed by atoms with van der Waals surface area (Å²) in [5.41, 5.74) is 4.65. The molecule has 0 aliphatic heterocycles. The summed E-state index contributed by atoms with van der Waals surface area (Å²) < 4.78 is 8.27. The number of aryl methyl sites for hydroxylation is 2. The highest BCUT2D eigenvalue weighted by molar-refractivity contribution is 5.90. The average Bonchev–Trinajstić information content (AvgIpc) is 3.17. The summed E-state index contributed by atoms with van der Waals surface area (Å²) in [5, 5.41) is 7.81. The number of rotatable bonds is 8. The summed E-state index contributed by atoms with van der Waals surface area (Å²) in [6.07, 6.45) is 1.63. The lowest BCUT2D eigenvalue weighted by molar-refractivity contribution is -0.116. The van der Waals surface area contributed by atoms with Gasteiger partial charge in [0, 0.05) is 17.7 Å². The van der Waals surface area contributed by atoms with Crippen molar-refractivity contribution in [1.29, 1.82) is 0 Å². The second-order valence-corrected chi connectivity index (χ2v) is 7.61. The zero-order chi connectivity index (χ0) is 22.3. The first-order valence-corrected chi connectivity index (χ1v) is 10.9. The minimum Gasteiger partial charge on any atom is -0.438 e. The highest BCUT2D eigenvalue weighted by Crippen LogP contribution is 2.33. The highest BCUT2D eigenvalue weighted by Gasteiger charge is 2.21. The second-order valence-electron chi connectivity index (χ2n) is 7.61. The van der Waals surface area contributed by atoms with Gasteiger partial charge in [-0.15, -0.1) is 0 Å². The van der Waals surface area contributed by atoms with Gasteiger partial charge < -0.3 is 10.1 Å². The van der Waals surface area contributed by atoms with Crippen molar-refractivity contribution < 1.29 is 9.53 Å². The Morgan fingerprint density at radius 3 is 2.28 bits per heavy atom. The number of ether oxygens (including phenoxy) is 1. The largest absolute Gasteiger partial charge is 0.438 e. The Kier molecular flexibility index (Phi) is 6.66. The van der Waals surface area contributed by atoms with Crippen molar-refractivity contribution in [2.24, 2.45) is 0 Å². The predicted octanol–water partition coefficient (Wildman–Crippen LogP) is 6.11. The van der Waals surface area contributed by atoms with Crippen LogP contribution in [-0.4, -0.2) is 15.7 Å². The minimum absolute atomic E-state index is 0.0347. The van der Waals surface area contributed by atoms with Crippen molar-refractivity contribution in [3.05, 3.63) is 102 Å². The van der Waals surface area contributed by atoms with Crippen LogP contribution in [0.25, 0.3) is 5.69 Å². The first-order valence-electron chi connectivity index (χ1n) is 10.9. The number of para-hydroxylation sites is 3. The van der Waals surface area contributed by atoms with E-state index in [1.54, 1.807) is 0 Å². The quantitative estimate of drug-likeness (QED) is 0.371. The zero-order valence-corrected chi connectivity index (χ0v) is 18.4. The maximum Gasteiger partial charge on any atom is 0.226 e. The predicted molar refractivity (Wildman–Crippen MR) is 128 cm³/mol. The molecular formula is C27H27N3O2. The first-order chi connectivity index (χ1) is 15.7. The van der Waals surface area contributed by atoms with Crippen LogP contribution in [0.2, 0.25) is 0 Å². The van der Waals surface area contributed by atoms with Gasteiger partial charge >= 0.3 is 0 Å². The monoisotopic (exact) mass is 425 g/mol. The van der Waals surface area contributed by atoms with Gasteiger partial charge in [-0.1, -0.05) is 61.5 Å². The molecule has 4 rings (SSSR count). The standard InChI is InChI=1S/C27H27N3O2/c1-3-24-23(18-19-26(31)28-21-13-6-4-7-14-21)27(32-25-17-11-10-12-20(25)2)30(29-24)22-15-8-5-9-16-22/h4-17H,3,18-19H2,1-2H3,(H,28,31). The van der Waals surface area contributed by atoms with E-state index < -0.39 is 0 Å². The van der Waals surface area contributed by atoms with Gasteiger partial charge in [-0.3, -0.25) is 4.79 Å². The smallest absolute Gasteiger partial charge is 0.226 e. The molecule has 0 unspecified atom stereocenters. The number of hydrogen-bond acceptors (Lipinski definition) is 3. The molecule has 1 amide bonds. The van der Waals surface area contributed by atoms with E-state index >= 15 is 0 Å². The highest BCUT2D eigenvalue weighted by atomic mass is 16.5. The van der Waals surface area contributed by atoms with Gasteiger partial charge in [-0.25, -0.2) is 4.68 Å². The van der Waals surface area contributed by atoms with Crippen molar-refractivity contribution >= 4 is 11.6 Å². The third-order valence-corrected chi connectivity index (χ3v) is 5.32. The Hall–Kier alpha value is -3.86. The fourth-order valence-electron chi connectivity index (χ4n) is 3.62. The molecule has 0 fully saturated rings. The molecule has 32 heavy (non-hydrogen) atoms.